The molecule has 3 aromatic rings. The minimum absolute atomic E-state index is 0.0788. The Morgan fingerprint density at radius 2 is 1.85 bits per heavy atom. The van der Waals surface area contributed by atoms with E-state index in [-0.39, 0.29) is 42.8 Å². The highest BCUT2D eigenvalue weighted by Crippen LogP contribution is 2.16. The molecule has 0 unspecified atom stereocenters. The summed E-state index contributed by atoms with van der Waals surface area (Å²) in [4.78, 5) is 50.6. The number of furan rings is 1. The van der Waals surface area contributed by atoms with Gasteiger partial charge in [-0.1, -0.05) is 26.0 Å². The summed E-state index contributed by atoms with van der Waals surface area (Å²) in [6, 6.07) is 10.1. The number of anilines is 2. The van der Waals surface area contributed by atoms with Gasteiger partial charge < -0.3 is 20.8 Å². The number of aromatic nitrogens is 2. The third-order valence-electron chi connectivity index (χ3n) is 5.02. The summed E-state index contributed by atoms with van der Waals surface area (Å²) in [5, 5.41) is 5.66. The van der Waals surface area contributed by atoms with E-state index in [0.717, 1.165) is 4.57 Å². The molecule has 0 aliphatic carbocycles. The third-order valence-corrected chi connectivity index (χ3v) is 5.02. The Bertz CT molecular complexity index is 1270. The summed E-state index contributed by atoms with van der Waals surface area (Å²) < 4.78 is 7.32. The number of Topliss-reactive ketones (excluding diaryl/α,β-unsaturated/α-hetero) is 1. The van der Waals surface area contributed by atoms with Crippen LogP contribution in [0.1, 0.15) is 40.3 Å². The average Bonchev–Trinajstić information content (AvgIpc) is 3.31. The zero-order valence-electron chi connectivity index (χ0n) is 18.8. The van der Waals surface area contributed by atoms with Gasteiger partial charge in [0.15, 0.2) is 5.78 Å². The molecule has 0 fully saturated rings. The van der Waals surface area contributed by atoms with Crippen LogP contribution < -0.4 is 27.6 Å². The van der Waals surface area contributed by atoms with E-state index in [1.54, 1.807) is 36.4 Å². The largest absolute Gasteiger partial charge is 0.467 e. The molecular weight excluding hydrogens is 426 g/mol. The van der Waals surface area contributed by atoms with Crippen molar-refractivity contribution in [3.63, 3.8) is 0 Å². The van der Waals surface area contributed by atoms with Crippen molar-refractivity contribution < 1.29 is 14.0 Å². The number of amides is 1. The lowest BCUT2D eigenvalue weighted by Crippen LogP contribution is -2.43. The van der Waals surface area contributed by atoms with Gasteiger partial charge in [-0.2, -0.15) is 0 Å². The molecule has 0 atom stereocenters. The van der Waals surface area contributed by atoms with E-state index in [1.165, 1.54) is 17.9 Å². The van der Waals surface area contributed by atoms with Crippen LogP contribution in [0.25, 0.3) is 0 Å². The number of hydrogen-bond donors (Lipinski definition) is 3. The maximum Gasteiger partial charge on any atom is 0.332 e. The molecule has 0 spiro atoms. The van der Waals surface area contributed by atoms with Crippen LogP contribution in [-0.2, 0) is 20.1 Å². The fourth-order valence-corrected chi connectivity index (χ4v) is 3.36. The van der Waals surface area contributed by atoms with Crippen molar-refractivity contribution in [2.45, 2.75) is 26.9 Å². The van der Waals surface area contributed by atoms with Gasteiger partial charge in [0.05, 0.1) is 24.9 Å². The van der Waals surface area contributed by atoms with Gasteiger partial charge in [-0.05, 0) is 30.2 Å². The van der Waals surface area contributed by atoms with Crippen molar-refractivity contribution in [2.24, 2.45) is 13.0 Å². The molecule has 33 heavy (non-hydrogen) atoms. The Morgan fingerprint density at radius 1 is 1.12 bits per heavy atom. The van der Waals surface area contributed by atoms with E-state index >= 15 is 0 Å². The summed E-state index contributed by atoms with van der Waals surface area (Å²) in [5.74, 6) is -0.422. The number of carbonyl (C=O) groups excluding carboxylic acids is 2. The first-order chi connectivity index (χ1) is 15.7. The molecule has 1 amide bonds. The van der Waals surface area contributed by atoms with Crippen LogP contribution in [0.3, 0.4) is 0 Å². The van der Waals surface area contributed by atoms with Crippen molar-refractivity contribution in [3.8, 4) is 0 Å². The quantitative estimate of drug-likeness (QED) is 0.418. The Labute approximate surface area is 190 Å². The van der Waals surface area contributed by atoms with Crippen molar-refractivity contribution in [2.75, 3.05) is 17.6 Å². The number of nitrogens with zero attached hydrogens (tertiary/aromatic N) is 2. The molecule has 174 valence electrons. The number of benzene rings is 1. The summed E-state index contributed by atoms with van der Waals surface area (Å²) in [7, 11) is 1.31. The number of carbonyl (C=O) groups is 2. The Hall–Kier alpha value is -4.08. The van der Waals surface area contributed by atoms with Gasteiger partial charge >= 0.3 is 5.69 Å². The fraction of sp³-hybridized carbons (Fsp3) is 0.304. The zero-order valence-corrected chi connectivity index (χ0v) is 18.8. The molecule has 0 radical (unpaired) electrons. The molecule has 10 heteroatoms. The van der Waals surface area contributed by atoms with Crippen LogP contribution in [0.15, 0.2) is 56.7 Å². The molecule has 0 saturated heterocycles. The molecular formula is C23H27N5O5. The molecule has 0 bridgehead atoms. The lowest BCUT2D eigenvalue weighted by molar-refractivity contribution is 0.0946. The maximum absolute atomic E-state index is 12.9. The van der Waals surface area contributed by atoms with Crippen LogP contribution in [0.2, 0.25) is 0 Å². The van der Waals surface area contributed by atoms with Gasteiger partial charge in [0.25, 0.3) is 11.5 Å². The summed E-state index contributed by atoms with van der Waals surface area (Å²) >= 11 is 0. The van der Waals surface area contributed by atoms with E-state index in [2.05, 4.69) is 10.6 Å². The normalized spacial score (nSPS) is 10.9. The summed E-state index contributed by atoms with van der Waals surface area (Å²) in [6.45, 7) is 3.98. The number of ketones is 1. The first-order valence-electron chi connectivity index (χ1n) is 10.5. The molecule has 2 aromatic heterocycles. The fourth-order valence-electron chi connectivity index (χ4n) is 3.36. The molecule has 0 aliphatic rings. The standard InChI is InChI=1S/C23H27N5O5/c1-14(2)13-28-20(24)19(22(31)27(3)23(28)32)18(29)12-25-17-9-5-4-8-16(17)21(30)26-11-15-7-6-10-33-15/h4-10,14,25H,11-13,24H2,1-3H3,(H,26,30). The number of rotatable bonds is 9. The van der Waals surface area contributed by atoms with Crippen molar-refractivity contribution in [1.29, 1.82) is 0 Å². The topological polar surface area (TPSA) is 141 Å². The first-order valence-corrected chi connectivity index (χ1v) is 10.5. The monoisotopic (exact) mass is 453 g/mol. The van der Waals surface area contributed by atoms with Gasteiger partial charge in [-0.25, -0.2) is 4.79 Å². The number of nitrogens with one attached hydrogen (secondary N) is 2. The van der Waals surface area contributed by atoms with Crippen LogP contribution in [0, 0.1) is 5.92 Å². The second kappa shape index (κ2) is 10.0. The van der Waals surface area contributed by atoms with Gasteiger partial charge in [-0.3, -0.25) is 23.5 Å². The van der Waals surface area contributed by atoms with Gasteiger partial charge in [-0.15, -0.1) is 0 Å². The second-order valence-corrected chi connectivity index (χ2v) is 8.00. The van der Waals surface area contributed by atoms with Crippen molar-refractivity contribution in [3.05, 3.63) is 80.4 Å². The predicted molar refractivity (Wildman–Crippen MR) is 124 cm³/mol. The van der Waals surface area contributed by atoms with Crippen LogP contribution in [0.4, 0.5) is 11.5 Å². The van der Waals surface area contributed by atoms with Crippen molar-refractivity contribution >= 4 is 23.2 Å². The zero-order chi connectivity index (χ0) is 24.1. The minimum Gasteiger partial charge on any atom is -0.467 e. The van der Waals surface area contributed by atoms with E-state index in [1.807, 2.05) is 13.8 Å². The van der Waals surface area contributed by atoms with E-state index in [9.17, 15) is 19.2 Å². The highest BCUT2D eigenvalue weighted by Gasteiger charge is 2.22. The number of nitrogens with two attached hydrogens (primary N) is 1. The lowest BCUT2D eigenvalue weighted by Gasteiger charge is -2.16. The van der Waals surface area contributed by atoms with E-state index < -0.39 is 17.0 Å². The van der Waals surface area contributed by atoms with Crippen LogP contribution in [-0.4, -0.2) is 27.4 Å². The maximum atomic E-state index is 12.9. The average molecular weight is 453 g/mol. The predicted octanol–water partition coefficient (Wildman–Crippen LogP) is 1.60. The third kappa shape index (κ3) is 5.22. The van der Waals surface area contributed by atoms with E-state index in [4.69, 9.17) is 10.2 Å². The Morgan fingerprint density at radius 3 is 2.52 bits per heavy atom. The SMILES string of the molecule is CC(C)Cn1c(N)c(C(=O)CNc2ccccc2C(=O)NCc2ccco2)c(=O)n(C)c1=O. The molecule has 4 N–H and O–H groups in total. The smallest absolute Gasteiger partial charge is 0.332 e. The van der Waals surface area contributed by atoms with Gasteiger partial charge in [0, 0.05) is 19.3 Å². The molecule has 0 saturated carbocycles. The van der Waals surface area contributed by atoms with Crippen molar-refractivity contribution in [1.82, 2.24) is 14.5 Å². The Kier molecular flexibility index (Phi) is 7.17. The van der Waals surface area contributed by atoms with Crippen LogP contribution in [0.5, 0.6) is 0 Å². The minimum atomic E-state index is -0.756. The van der Waals surface area contributed by atoms with Crippen LogP contribution >= 0.6 is 0 Å². The molecule has 1 aromatic carbocycles. The van der Waals surface area contributed by atoms with E-state index in [0.29, 0.717) is 17.0 Å². The molecule has 0 aliphatic heterocycles. The highest BCUT2D eigenvalue weighted by atomic mass is 16.3. The number of nitrogen functional groups attached to an aromatic ring is 1. The molecule has 2 heterocycles. The lowest BCUT2D eigenvalue weighted by atomic mass is 10.1. The molecule has 10 nitrogen and oxygen atoms in total. The summed E-state index contributed by atoms with van der Waals surface area (Å²) in [5.41, 5.74) is 5.21. The molecule has 3 rings (SSSR count). The first kappa shape index (κ1) is 23.6. The van der Waals surface area contributed by atoms with Gasteiger partial charge in [0.1, 0.15) is 17.1 Å². The second-order valence-electron chi connectivity index (χ2n) is 8.00. The number of para-hydroxylation sites is 1. The van der Waals surface area contributed by atoms with Gasteiger partial charge in [0.2, 0.25) is 0 Å². The Balaban J connectivity index is 1.81. The highest BCUT2D eigenvalue weighted by molar-refractivity contribution is 6.04. The summed E-state index contributed by atoms with van der Waals surface area (Å²) in [6.07, 6.45) is 1.52. The number of hydrogen-bond acceptors (Lipinski definition) is 7.